The molecule has 5 heteroatoms. The van der Waals surface area contributed by atoms with Crippen LogP contribution in [0.2, 0.25) is 0 Å². The van der Waals surface area contributed by atoms with Gasteiger partial charge in [-0.25, -0.2) is 9.78 Å². The lowest BCUT2D eigenvalue weighted by atomic mass is 9.77. The molecule has 5 rings (SSSR count). The summed E-state index contributed by atoms with van der Waals surface area (Å²) in [5.74, 6) is -0.00559. The Bertz CT molecular complexity index is 673. The molecule has 26 heavy (non-hydrogen) atoms. The van der Waals surface area contributed by atoms with Gasteiger partial charge in [0.15, 0.2) is 11.4 Å². The van der Waals surface area contributed by atoms with Gasteiger partial charge in [0.05, 0.1) is 17.3 Å². The van der Waals surface area contributed by atoms with Gasteiger partial charge in [0, 0.05) is 18.8 Å². The Labute approximate surface area is 156 Å². The van der Waals surface area contributed by atoms with Crippen molar-refractivity contribution in [1.29, 1.82) is 0 Å². The van der Waals surface area contributed by atoms with Crippen LogP contribution in [0.25, 0.3) is 0 Å². The summed E-state index contributed by atoms with van der Waals surface area (Å²) in [6.45, 7) is 12.9. The van der Waals surface area contributed by atoms with Gasteiger partial charge in [0.1, 0.15) is 11.7 Å². The van der Waals surface area contributed by atoms with Crippen molar-refractivity contribution >= 4 is 0 Å². The van der Waals surface area contributed by atoms with Crippen molar-refractivity contribution in [2.24, 2.45) is 5.92 Å². The fourth-order valence-electron chi connectivity index (χ4n) is 6.04. The Kier molecular flexibility index (Phi) is 3.34. The molecule has 0 aliphatic carbocycles. The summed E-state index contributed by atoms with van der Waals surface area (Å²) in [6, 6.07) is 0. The molecular formula is C21H32O5. The maximum atomic E-state index is 6.65. The minimum Gasteiger partial charge on any atom is -0.363 e. The quantitative estimate of drug-likeness (QED) is 0.369. The lowest BCUT2D eigenvalue weighted by Gasteiger charge is -2.34. The van der Waals surface area contributed by atoms with E-state index in [1.807, 2.05) is 0 Å². The zero-order valence-corrected chi connectivity index (χ0v) is 16.9. The molecule has 7 atom stereocenters. The minimum absolute atomic E-state index is 0.00992. The molecule has 0 aromatic heterocycles. The Balaban J connectivity index is 1.57. The summed E-state index contributed by atoms with van der Waals surface area (Å²) in [5, 5.41) is 0. The highest BCUT2D eigenvalue weighted by molar-refractivity contribution is 5.34. The highest BCUT2D eigenvalue weighted by atomic mass is 17.2. The van der Waals surface area contributed by atoms with Crippen molar-refractivity contribution in [2.75, 3.05) is 0 Å². The predicted octanol–water partition coefficient (Wildman–Crippen LogP) is 4.05. The van der Waals surface area contributed by atoms with Crippen LogP contribution in [0.1, 0.15) is 73.6 Å². The van der Waals surface area contributed by atoms with Crippen LogP contribution in [0.5, 0.6) is 0 Å². The van der Waals surface area contributed by atoms with Gasteiger partial charge < -0.3 is 14.2 Å². The summed E-state index contributed by atoms with van der Waals surface area (Å²) in [4.78, 5) is 11.7. The molecule has 0 unspecified atom stereocenters. The van der Waals surface area contributed by atoms with Gasteiger partial charge in [-0.05, 0) is 59.5 Å². The van der Waals surface area contributed by atoms with Crippen LogP contribution in [0.3, 0.4) is 0 Å². The topological polar surface area (TPSA) is 49.5 Å². The molecule has 0 radical (unpaired) electrons. The number of hydrogen-bond donors (Lipinski definition) is 0. The Morgan fingerprint density at radius 1 is 1.00 bits per heavy atom. The highest BCUT2D eigenvalue weighted by Crippen LogP contribution is 2.59. The van der Waals surface area contributed by atoms with Gasteiger partial charge in [-0.1, -0.05) is 13.0 Å². The largest absolute Gasteiger partial charge is 0.363 e. The fourth-order valence-corrected chi connectivity index (χ4v) is 6.04. The lowest BCUT2D eigenvalue weighted by molar-refractivity contribution is -0.343. The summed E-state index contributed by atoms with van der Waals surface area (Å²) >= 11 is 0. The van der Waals surface area contributed by atoms with E-state index in [-0.39, 0.29) is 23.4 Å². The van der Waals surface area contributed by atoms with Gasteiger partial charge in [-0.2, -0.15) is 0 Å². The predicted molar refractivity (Wildman–Crippen MR) is 95.4 cm³/mol. The van der Waals surface area contributed by atoms with Crippen molar-refractivity contribution < 1.29 is 24.0 Å². The molecule has 0 saturated carbocycles. The molecule has 0 N–H and O–H groups in total. The van der Waals surface area contributed by atoms with Crippen molar-refractivity contribution in [2.45, 2.75) is 114 Å². The highest BCUT2D eigenvalue weighted by Gasteiger charge is 2.69. The van der Waals surface area contributed by atoms with E-state index in [0.29, 0.717) is 5.92 Å². The summed E-state index contributed by atoms with van der Waals surface area (Å²) in [7, 11) is 0. The SMILES string of the molecule is C[C@H]1C[C@H]2C[C@]3(C)O[C@@H]3[C@@]3(C)OOC(C)(C)/C3=C/C[C@]3(C)CC[C@]1(O2)O3. The Morgan fingerprint density at radius 3 is 2.54 bits per heavy atom. The van der Waals surface area contributed by atoms with E-state index in [0.717, 1.165) is 32.1 Å². The molecule has 4 saturated heterocycles. The lowest BCUT2D eigenvalue weighted by Crippen LogP contribution is -2.42. The summed E-state index contributed by atoms with van der Waals surface area (Å²) < 4.78 is 19.4. The van der Waals surface area contributed by atoms with Gasteiger partial charge in [-0.15, -0.1) is 0 Å². The zero-order valence-electron chi connectivity index (χ0n) is 16.9. The van der Waals surface area contributed by atoms with Crippen LogP contribution in [-0.2, 0) is 24.0 Å². The van der Waals surface area contributed by atoms with Gasteiger partial charge >= 0.3 is 0 Å². The molecule has 4 fully saturated rings. The minimum atomic E-state index is -0.562. The van der Waals surface area contributed by atoms with Gasteiger partial charge in [-0.3, -0.25) is 0 Å². The third-order valence-electron chi connectivity index (χ3n) is 7.52. The van der Waals surface area contributed by atoms with Crippen LogP contribution in [-0.4, -0.2) is 40.4 Å². The van der Waals surface area contributed by atoms with E-state index in [1.54, 1.807) is 0 Å². The third-order valence-corrected chi connectivity index (χ3v) is 7.52. The number of fused-ring (bicyclic) bond motifs is 5. The average Bonchev–Trinajstić information content (AvgIpc) is 2.82. The molecule has 3 bridgehead atoms. The third kappa shape index (κ3) is 2.27. The van der Waals surface area contributed by atoms with Crippen molar-refractivity contribution in [3.63, 3.8) is 0 Å². The second-order valence-electron chi connectivity index (χ2n) is 10.4. The second-order valence-corrected chi connectivity index (χ2v) is 10.4. The first-order chi connectivity index (χ1) is 12.0. The first-order valence-electron chi connectivity index (χ1n) is 10.1. The molecule has 0 aromatic rings. The molecule has 146 valence electrons. The van der Waals surface area contributed by atoms with E-state index in [2.05, 4.69) is 47.6 Å². The molecule has 5 aliphatic heterocycles. The van der Waals surface area contributed by atoms with Crippen LogP contribution >= 0.6 is 0 Å². The van der Waals surface area contributed by atoms with Gasteiger partial charge in [0.2, 0.25) is 0 Å². The van der Waals surface area contributed by atoms with Crippen molar-refractivity contribution in [3.05, 3.63) is 11.6 Å². The van der Waals surface area contributed by atoms with E-state index < -0.39 is 17.0 Å². The maximum Gasteiger partial charge on any atom is 0.172 e. The van der Waals surface area contributed by atoms with E-state index >= 15 is 0 Å². The normalized spacial score (nSPS) is 59.6. The standard InChI is InChI=1S/C21H32O5/c1-13-11-14-12-19(5)16(23-19)20(6)15(17(2,3)25-26-20)7-8-18(4)9-10-21(13,22-14)24-18/h7,13-14,16H,8-12H2,1-6H3/b15-7-/t13-,14-,16-,18+,19-,20-,21-/m0/s1. The maximum absolute atomic E-state index is 6.65. The molecule has 0 aromatic carbocycles. The average molecular weight is 364 g/mol. The molecule has 0 amide bonds. The monoisotopic (exact) mass is 364 g/mol. The zero-order chi connectivity index (χ0) is 18.6. The van der Waals surface area contributed by atoms with Crippen LogP contribution < -0.4 is 0 Å². The molecular weight excluding hydrogens is 332 g/mol. The number of epoxide rings is 1. The van der Waals surface area contributed by atoms with E-state index in [4.69, 9.17) is 24.0 Å². The summed E-state index contributed by atoms with van der Waals surface area (Å²) in [5.41, 5.74) is -0.294. The smallest absolute Gasteiger partial charge is 0.172 e. The molecule has 1 spiro atoms. The summed E-state index contributed by atoms with van der Waals surface area (Å²) in [6.07, 6.45) is 7.17. The Morgan fingerprint density at radius 2 is 1.77 bits per heavy atom. The van der Waals surface area contributed by atoms with Crippen molar-refractivity contribution in [1.82, 2.24) is 0 Å². The second kappa shape index (κ2) is 4.93. The van der Waals surface area contributed by atoms with Crippen LogP contribution in [0.4, 0.5) is 0 Å². The van der Waals surface area contributed by atoms with Crippen molar-refractivity contribution in [3.8, 4) is 0 Å². The first kappa shape index (κ1) is 17.6. The van der Waals surface area contributed by atoms with Crippen LogP contribution in [0.15, 0.2) is 11.6 Å². The number of hydrogen-bond acceptors (Lipinski definition) is 5. The van der Waals surface area contributed by atoms with E-state index in [9.17, 15) is 0 Å². The molecule has 5 heterocycles. The number of rotatable bonds is 0. The first-order valence-corrected chi connectivity index (χ1v) is 10.1. The van der Waals surface area contributed by atoms with E-state index in [1.165, 1.54) is 5.57 Å². The van der Waals surface area contributed by atoms with Crippen LogP contribution in [0, 0.1) is 5.92 Å². The molecule has 5 nitrogen and oxygen atoms in total. The van der Waals surface area contributed by atoms with Gasteiger partial charge in [0.25, 0.3) is 0 Å². The Hall–Kier alpha value is -0.460. The molecule has 5 aliphatic rings. The fraction of sp³-hybridized carbons (Fsp3) is 0.905. The number of ether oxygens (including phenoxy) is 3.